The zero-order chi connectivity index (χ0) is 16.0. The average Bonchev–Trinajstić information content (AvgIpc) is 2.38. The summed E-state index contributed by atoms with van der Waals surface area (Å²) in [7, 11) is 0. The monoisotopic (exact) mass is 369 g/mol. The van der Waals surface area contributed by atoms with Gasteiger partial charge in [0.2, 0.25) is 0 Å². The summed E-state index contributed by atoms with van der Waals surface area (Å²) in [6.45, 7) is 1.38. The van der Waals surface area contributed by atoms with Gasteiger partial charge in [-0.1, -0.05) is 28.1 Å². The Morgan fingerprint density at radius 1 is 1.19 bits per heavy atom. The van der Waals surface area contributed by atoms with Crippen LogP contribution in [0.3, 0.4) is 0 Å². The van der Waals surface area contributed by atoms with E-state index >= 15 is 0 Å². The molecule has 21 heavy (non-hydrogen) atoms. The quantitative estimate of drug-likeness (QED) is 0.647. The summed E-state index contributed by atoms with van der Waals surface area (Å²) in [5, 5.41) is 21.2. The molecule has 0 spiro atoms. The van der Waals surface area contributed by atoms with Crippen LogP contribution in [0.5, 0.6) is 0 Å². The Bertz CT molecular complexity index is 423. The van der Waals surface area contributed by atoms with Crippen LogP contribution in [0.1, 0.15) is 24.8 Å². The van der Waals surface area contributed by atoms with Gasteiger partial charge in [0.05, 0.1) is 6.10 Å². The smallest absolute Gasteiger partial charge is 0.393 e. The Hall–Kier alpha value is -0.630. The van der Waals surface area contributed by atoms with Gasteiger partial charge in [-0.25, -0.2) is 0 Å². The zero-order valence-electron chi connectivity index (χ0n) is 11.6. The molecule has 3 nitrogen and oxygen atoms in total. The summed E-state index contributed by atoms with van der Waals surface area (Å²) < 4.78 is 37.3. The molecule has 1 rings (SSSR count). The number of alkyl halides is 3. The van der Waals surface area contributed by atoms with Gasteiger partial charge in [-0.05, 0) is 37.6 Å². The van der Waals surface area contributed by atoms with Crippen molar-refractivity contribution in [2.75, 3.05) is 13.1 Å². The lowest BCUT2D eigenvalue weighted by molar-refractivity contribution is -0.201. The fourth-order valence-electron chi connectivity index (χ4n) is 2.01. The molecule has 0 heterocycles. The molecule has 120 valence electrons. The minimum absolute atomic E-state index is 0.173. The van der Waals surface area contributed by atoms with Crippen molar-refractivity contribution < 1.29 is 23.4 Å². The van der Waals surface area contributed by atoms with Crippen LogP contribution in [0, 0.1) is 0 Å². The highest BCUT2D eigenvalue weighted by atomic mass is 79.9. The second-order valence-corrected chi connectivity index (χ2v) is 5.86. The van der Waals surface area contributed by atoms with E-state index in [2.05, 4.69) is 21.2 Å². The van der Waals surface area contributed by atoms with Crippen molar-refractivity contribution >= 4 is 15.9 Å². The third kappa shape index (κ3) is 6.34. The van der Waals surface area contributed by atoms with Crippen LogP contribution < -0.4 is 5.32 Å². The Balaban J connectivity index is 2.48. The van der Waals surface area contributed by atoms with E-state index < -0.39 is 24.9 Å². The van der Waals surface area contributed by atoms with E-state index in [4.69, 9.17) is 5.11 Å². The molecule has 7 heteroatoms. The molecule has 0 saturated carbocycles. The first-order valence-electron chi connectivity index (χ1n) is 6.61. The number of benzene rings is 1. The predicted octanol–water partition coefficient (Wildman–Crippen LogP) is 2.82. The molecule has 0 amide bonds. The highest BCUT2D eigenvalue weighted by molar-refractivity contribution is 9.10. The Labute approximate surface area is 130 Å². The van der Waals surface area contributed by atoms with Crippen LogP contribution in [-0.2, 0) is 0 Å². The molecule has 0 aliphatic carbocycles. The van der Waals surface area contributed by atoms with Crippen LogP contribution in [0.4, 0.5) is 13.2 Å². The van der Waals surface area contributed by atoms with Crippen LogP contribution in [0.25, 0.3) is 0 Å². The molecule has 3 atom stereocenters. The number of hydrogen-bond acceptors (Lipinski definition) is 3. The van der Waals surface area contributed by atoms with Gasteiger partial charge < -0.3 is 15.5 Å². The molecule has 2 unspecified atom stereocenters. The van der Waals surface area contributed by atoms with Gasteiger partial charge in [0, 0.05) is 16.9 Å². The molecular weight excluding hydrogens is 351 g/mol. The second-order valence-electron chi connectivity index (χ2n) is 4.95. The highest BCUT2D eigenvalue weighted by Crippen LogP contribution is 2.25. The normalized spacial score (nSPS) is 16.5. The van der Waals surface area contributed by atoms with Crippen LogP contribution in [-0.4, -0.2) is 41.7 Å². The van der Waals surface area contributed by atoms with E-state index in [9.17, 15) is 18.3 Å². The maximum atomic E-state index is 12.1. The molecule has 3 N–H and O–H groups in total. The van der Waals surface area contributed by atoms with E-state index in [-0.39, 0.29) is 12.5 Å². The number of hydrogen-bond donors (Lipinski definition) is 3. The average molecular weight is 370 g/mol. The summed E-state index contributed by atoms with van der Waals surface area (Å²) in [6.07, 6.45) is -7.11. The van der Waals surface area contributed by atoms with Gasteiger partial charge in [-0.15, -0.1) is 0 Å². The number of rotatable bonds is 7. The van der Waals surface area contributed by atoms with Crippen molar-refractivity contribution in [1.29, 1.82) is 0 Å². The molecule has 0 fully saturated rings. The molecule has 0 aliphatic heterocycles. The lowest BCUT2D eigenvalue weighted by Gasteiger charge is -2.21. The Kier molecular flexibility index (Phi) is 7.12. The van der Waals surface area contributed by atoms with Gasteiger partial charge >= 0.3 is 6.18 Å². The molecule has 0 saturated heterocycles. The largest absolute Gasteiger partial charge is 0.415 e. The summed E-state index contributed by atoms with van der Waals surface area (Å²) in [5.74, 6) is -0.173. The highest BCUT2D eigenvalue weighted by Gasteiger charge is 2.37. The third-order valence-corrected chi connectivity index (χ3v) is 3.76. The maximum absolute atomic E-state index is 12.1. The van der Waals surface area contributed by atoms with Crippen LogP contribution >= 0.6 is 15.9 Å². The second kappa shape index (κ2) is 8.12. The number of nitrogens with one attached hydrogen (secondary N) is 1. The molecule has 0 aliphatic rings. The van der Waals surface area contributed by atoms with E-state index in [1.165, 1.54) is 0 Å². The minimum atomic E-state index is -4.61. The van der Waals surface area contributed by atoms with Crippen molar-refractivity contribution in [2.24, 2.45) is 0 Å². The zero-order valence-corrected chi connectivity index (χ0v) is 13.2. The van der Waals surface area contributed by atoms with Crippen LogP contribution in [0.2, 0.25) is 0 Å². The van der Waals surface area contributed by atoms with Gasteiger partial charge in [0.15, 0.2) is 6.10 Å². The first kappa shape index (κ1) is 18.4. The fraction of sp³-hybridized carbons (Fsp3) is 0.571. The summed E-state index contributed by atoms with van der Waals surface area (Å²) >= 11 is 3.32. The molecule has 1 aromatic rings. The lowest BCUT2D eigenvalue weighted by atomic mass is 9.91. The summed E-state index contributed by atoms with van der Waals surface area (Å²) in [6, 6.07) is 7.44. The standard InChI is InChI=1S/C14H19BrF3NO2/c1-9(20)12(10-2-4-11(15)5-3-10)6-7-19-8-13(21)14(16,17)18/h2-5,9,12-13,19-21H,6-8H2,1H3/t9?,12-,13?/m0/s1. The van der Waals surface area contributed by atoms with E-state index in [1.54, 1.807) is 6.92 Å². The first-order valence-corrected chi connectivity index (χ1v) is 7.40. The predicted molar refractivity (Wildman–Crippen MR) is 78.1 cm³/mol. The third-order valence-electron chi connectivity index (χ3n) is 3.23. The Morgan fingerprint density at radius 2 is 1.76 bits per heavy atom. The Morgan fingerprint density at radius 3 is 2.24 bits per heavy atom. The number of halogens is 4. The summed E-state index contributed by atoms with van der Waals surface area (Å²) in [5.41, 5.74) is 0.923. The SMILES string of the molecule is CC(O)[C@H](CCNCC(O)C(F)(F)F)c1ccc(Br)cc1. The van der Waals surface area contributed by atoms with Gasteiger partial charge in [-0.3, -0.25) is 0 Å². The minimum Gasteiger partial charge on any atom is -0.393 e. The van der Waals surface area contributed by atoms with Crippen molar-refractivity contribution in [2.45, 2.75) is 37.6 Å². The van der Waals surface area contributed by atoms with Gasteiger partial charge in [0.1, 0.15) is 0 Å². The van der Waals surface area contributed by atoms with Gasteiger partial charge in [-0.2, -0.15) is 13.2 Å². The van der Waals surface area contributed by atoms with E-state index in [0.29, 0.717) is 6.42 Å². The lowest BCUT2D eigenvalue weighted by Crippen LogP contribution is -2.39. The van der Waals surface area contributed by atoms with Crippen molar-refractivity contribution in [3.05, 3.63) is 34.3 Å². The van der Waals surface area contributed by atoms with E-state index in [0.717, 1.165) is 10.0 Å². The van der Waals surface area contributed by atoms with Crippen molar-refractivity contribution in [1.82, 2.24) is 5.32 Å². The van der Waals surface area contributed by atoms with Crippen LogP contribution in [0.15, 0.2) is 28.7 Å². The van der Waals surface area contributed by atoms with Crippen molar-refractivity contribution in [3.63, 3.8) is 0 Å². The molecule has 1 aromatic carbocycles. The van der Waals surface area contributed by atoms with Crippen molar-refractivity contribution in [3.8, 4) is 0 Å². The fourth-order valence-corrected chi connectivity index (χ4v) is 2.27. The first-order chi connectivity index (χ1) is 9.71. The molecule has 0 bridgehead atoms. The van der Waals surface area contributed by atoms with Gasteiger partial charge in [0.25, 0.3) is 0 Å². The molecule has 0 radical (unpaired) electrons. The summed E-state index contributed by atoms with van der Waals surface area (Å²) in [4.78, 5) is 0. The molecular formula is C14H19BrF3NO2. The van der Waals surface area contributed by atoms with E-state index in [1.807, 2.05) is 24.3 Å². The molecule has 0 aromatic heterocycles. The number of aliphatic hydroxyl groups excluding tert-OH is 2. The topological polar surface area (TPSA) is 52.5 Å². The number of aliphatic hydroxyl groups is 2. The maximum Gasteiger partial charge on any atom is 0.415 e.